The molecule has 1 aliphatic heterocycles. The Balaban J connectivity index is 3.15. The zero-order chi connectivity index (χ0) is 12.0. The van der Waals surface area contributed by atoms with Crippen molar-refractivity contribution in [1.29, 1.82) is 0 Å². The number of carbonyl (C=O) groups excluding carboxylic acids is 3. The maximum atomic E-state index is 11.7. The smallest absolute Gasteiger partial charge is 0.327 e. The van der Waals surface area contributed by atoms with Crippen molar-refractivity contribution in [2.75, 3.05) is 0 Å². The Morgan fingerprint density at radius 2 is 1.87 bits per heavy atom. The van der Waals surface area contributed by atoms with Crippen LogP contribution in [0, 0.1) is 0 Å². The maximum Gasteiger partial charge on any atom is 0.327 e. The first-order valence-electron chi connectivity index (χ1n) is 4.51. The third-order valence-corrected chi connectivity index (χ3v) is 2.18. The van der Waals surface area contributed by atoms with Gasteiger partial charge in [0.1, 0.15) is 0 Å². The minimum absolute atomic E-state index is 0.759. The number of carbonyl (C=O) groups is 3. The molecule has 1 unspecified atom stereocenters. The van der Waals surface area contributed by atoms with Gasteiger partial charge in [-0.25, -0.2) is 4.79 Å². The minimum atomic E-state index is -2.40. The molecule has 1 aliphatic rings. The molecule has 1 heterocycles. The number of urea groups is 1. The molecule has 1 rings (SSSR count). The Hall–Kier alpha value is -1.43. The summed E-state index contributed by atoms with van der Waals surface area (Å²) in [6, 6.07) is -0.759. The summed E-state index contributed by atoms with van der Waals surface area (Å²) in [5.74, 6) is -1.72. The van der Waals surface area contributed by atoms with Crippen molar-refractivity contribution in [2.45, 2.75) is 39.0 Å². The normalized spacial score (nSPS) is 26.9. The number of hydrogen-bond donors (Lipinski definition) is 2. The van der Waals surface area contributed by atoms with E-state index in [0.717, 1.165) is 11.8 Å². The largest absolute Gasteiger partial charge is 0.357 e. The molecule has 0 bridgehead atoms. The summed E-state index contributed by atoms with van der Waals surface area (Å²) < 4.78 is 0. The zero-order valence-electron chi connectivity index (χ0n) is 9.12. The lowest BCUT2D eigenvalue weighted by molar-refractivity contribution is -0.155. The molecular formula is C9H14N2O4. The van der Waals surface area contributed by atoms with Crippen LogP contribution < -0.4 is 5.32 Å². The molecular weight excluding hydrogens is 200 g/mol. The van der Waals surface area contributed by atoms with E-state index in [1.165, 1.54) is 0 Å². The summed E-state index contributed by atoms with van der Waals surface area (Å²) in [6.07, 6.45) is 0. The number of aliphatic hydroxyl groups is 1. The van der Waals surface area contributed by atoms with Gasteiger partial charge in [0.2, 0.25) is 0 Å². The predicted molar refractivity (Wildman–Crippen MR) is 50.8 cm³/mol. The van der Waals surface area contributed by atoms with E-state index in [1.807, 2.05) is 5.32 Å². The van der Waals surface area contributed by atoms with Crippen molar-refractivity contribution >= 4 is 17.7 Å². The lowest BCUT2D eigenvalue weighted by atomic mass is 10.0. The summed E-state index contributed by atoms with van der Waals surface area (Å²) in [5.41, 5.74) is -3.18. The molecule has 0 aromatic heterocycles. The molecule has 0 saturated carbocycles. The lowest BCUT2D eigenvalue weighted by Gasteiger charge is -2.28. The molecule has 15 heavy (non-hydrogen) atoms. The van der Waals surface area contributed by atoms with Crippen LogP contribution in [0.25, 0.3) is 0 Å². The van der Waals surface area contributed by atoms with E-state index in [9.17, 15) is 19.5 Å². The summed E-state index contributed by atoms with van der Waals surface area (Å²) in [5, 5.41) is 11.6. The molecule has 0 spiro atoms. The second kappa shape index (κ2) is 3.03. The number of nitrogens with zero attached hydrogens (tertiary/aromatic N) is 1. The first kappa shape index (κ1) is 11.6. The molecule has 1 saturated heterocycles. The highest BCUT2D eigenvalue weighted by atomic mass is 16.3. The molecule has 1 fully saturated rings. The number of amides is 3. The number of nitrogens with one attached hydrogen (secondary N) is 1. The van der Waals surface area contributed by atoms with Crippen LogP contribution in [0.15, 0.2) is 0 Å². The SMILES string of the molecule is CC(=O)C1(O)NC(=O)N(C(C)(C)C)C1=O. The second-order valence-corrected chi connectivity index (χ2v) is 4.51. The number of hydrogen-bond acceptors (Lipinski definition) is 4. The van der Waals surface area contributed by atoms with E-state index in [-0.39, 0.29) is 0 Å². The summed E-state index contributed by atoms with van der Waals surface area (Å²) >= 11 is 0. The van der Waals surface area contributed by atoms with Gasteiger partial charge in [0, 0.05) is 12.5 Å². The van der Waals surface area contributed by atoms with Crippen LogP contribution >= 0.6 is 0 Å². The fraction of sp³-hybridized carbons (Fsp3) is 0.667. The van der Waals surface area contributed by atoms with Gasteiger partial charge in [-0.2, -0.15) is 0 Å². The Morgan fingerprint density at radius 1 is 1.40 bits per heavy atom. The predicted octanol–water partition coefficient (Wildman–Crippen LogP) is -0.386. The maximum absolute atomic E-state index is 11.7. The number of imide groups is 1. The number of Topliss-reactive ketones (excluding diaryl/α,β-unsaturated/α-hetero) is 1. The van der Waals surface area contributed by atoms with Crippen LogP contribution in [-0.2, 0) is 9.59 Å². The quantitative estimate of drug-likeness (QED) is 0.460. The van der Waals surface area contributed by atoms with Gasteiger partial charge in [-0.15, -0.1) is 0 Å². The second-order valence-electron chi connectivity index (χ2n) is 4.51. The number of rotatable bonds is 1. The molecule has 6 nitrogen and oxygen atoms in total. The van der Waals surface area contributed by atoms with Gasteiger partial charge in [0.05, 0.1) is 0 Å². The molecule has 1 atom stereocenters. The van der Waals surface area contributed by atoms with Crippen molar-refractivity contribution in [1.82, 2.24) is 10.2 Å². The Kier molecular flexibility index (Phi) is 2.35. The third kappa shape index (κ3) is 1.61. The fourth-order valence-electron chi connectivity index (χ4n) is 1.37. The van der Waals surface area contributed by atoms with E-state index < -0.39 is 29.0 Å². The van der Waals surface area contributed by atoms with Gasteiger partial charge in [-0.1, -0.05) is 0 Å². The van der Waals surface area contributed by atoms with Gasteiger partial charge in [0.25, 0.3) is 11.6 Å². The summed E-state index contributed by atoms with van der Waals surface area (Å²) in [6.45, 7) is 5.95. The van der Waals surface area contributed by atoms with Gasteiger partial charge >= 0.3 is 6.03 Å². The van der Waals surface area contributed by atoms with Crippen LogP contribution in [0.4, 0.5) is 4.79 Å². The van der Waals surface area contributed by atoms with E-state index >= 15 is 0 Å². The monoisotopic (exact) mass is 214 g/mol. The molecule has 6 heteroatoms. The molecule has 0 aliphatic carbocycles. The van der Waals surface area contributed by atoms with Gasteiger partial charge in [-0.3, -0.25) is 19.8 Å². The first-order valence-corrected chi connectivity index (χ1v) is 4.51. The van der Waals surface area contributed by atoms with Crippen molar-refractivity contribution in [2.24, 2.45) is 0 Å². The van der Waals surface area contributed by atoms with Crippen LogP contribution in [-0.4, -0.2) is 39.0 Å². The Labute approximate surface area is 87.2 Å². The van der Waals surface area contributed by atoms with Crippen LogP contribution in [0.1, 0.15) is 27.7 Å². The average Bonchev–Trinajstić information content (AvgIpc) is 2.22. The summed E-state index contributed by atoms with van der Waals surface area (Å²) in [4.78, 5) is 35.1. The van der Waals surface area contributed by atoms with Crippen molar-refractivity contribution in [3.05, 3.63) is 0 Å². The minimum Gasteiger partial charge on any atom is -0.357 e. The van der Waals surface area contributed by atoms with Gasteiger partial charge < -0.3 is 5.11 Å². The van der Waals surface area contributed by atoms with Crippen molar-refractivity contribution in [3.8, 4) is 0 Å². The average molecular weight is 214 g/mol. The van der Waals surface area contributed by atoms with Crippen molar-refractivity contribution < 1.29 is 19.5 Å². The standard InChI is InChI=1S/C9H14N2O4/c1-5(12)9(15)6(13)11(7(14)10-9)8(2,3)4/h15H,1-4H3,(H,10,14). The first-order chi connectivity index (χ1) is 6.60. The lowest BCUT2D eigenvalue weighted by Crippen LogP contribution is -2.54. The Morgan fingerprint density at radius 3 is 2.07 bits per heavy atom. The third-order valence-electron chi connectivity index (χ3n) is 2.18. The topological polar surface area (TPSA) is 86.7 Å². The van der Waals surface area contributed by atoms with Crippen LogP contribution in [0.5, 0.6) is 0 Å². The van der Waals surface area contributed by atoms with Crippen LogP contribution in [0.3, 0.4) is 0 Å². The fourth-order valence-corrected chi connectivity index (χ4v) is 1.37. The highest BCUT2D eigenvalue weighted by molar-refractivity contribution is 6.18. The highest BCUT2D eigenvalue weighted by Gasteiger charge is 2.56. The molecule has 2 N–H and O–H groups in total. The molecule has 0 radical (unpaired) electrons. The van der Waals surface area contributed by atoms with Crippen molar-refractivity contribution in [3.63, 3.8) is 0 Å². The van der Waals surface area contributed by atoms with Gasteiger partial charge in [0.15, 0.2) is 5.78 Å². The van der Waals surface area contributed by atoms with Gasteiger partial charge in [-0.05, 0) is 20.8 Å². The molecule has 84 valence electrons. The van der Waals surface area contributed by atoms with E-state index in [1.54, 1.807) is 20.8 Å². The Bertz CT molecular complexity index is 345. The van der Waals surface area contributed by atoms with E-state index in [0.29, 0.717) is 0 Å². The van der Waals surface area contributed by atoms with E-state index in [4.69, 9.17) is 0 Å². The molecule has 0 aromatic carbocycles. The van der Waals surface area contributed by atoms with E-state index in [2.05, 4.69) is 0 Å². The number of ketones is 1. The highest BCUT2D eigenvalue weighted by Crippen LogP contribution is 2.24. The molecule has 0 aromatic rings. The van der Waals surface area contributed by atoms with Crippen LogP contribution in [0.2, 0.25) is 0 Å². The zero-order valence-corrected chi connectivity index (χ0v) is 9.12. The molecule has 3 amide bonds. The summed E-state index contributed by atoms with van der Waals surface area (Å²) in [7, 11) is 0.